The summed E-state index contributed by atoms with van der Waals surface area (Å²) in [6, 6.07) is 16.2. The number of aromatic nitrogens is 1. The highest BCUT2D eigenvalue weighted by molar-refractivity contribution is 6.42. The van der Waals surface area contributed by atoms with E-state index in [0.29, 0.717) is 22.5 Å². The number of anilines is 2. The molecule has 3 aromatic rings. The number of hydrogen-bond donors (Lipinski definition) is 2. The molecule has 2 N–H and O–H groups in total. The highest BCUT2D eigenvalue weighted by Gasteiger charge is 2.23. The lowest BCUT2D eigenvalue weighted by atomic mass is 9.91. The van der Waals surface area contributed by atoms with Crippen LogP contribution in [-0.2, 0) is 11.2 Å². The standard InChI is InChI=1S/C25H28Cl2N4O/c1-31(2)23-15-24(30-22-6-4-3-5-19(22)23)28-17-8-10-18(11-9-17)29-25(32)14-16-7-12-20(26)21(27)13-16/h3-7,12-13,15,17-18H,8-11,14H2,1-2H3,(H,28,30)(H,29,32). The summed E-state index contributed by atoms with van der Waals surface area (Å²) in [6.45, 7) is 0. The van der Waals surface area contributed by atoms with Gasteiger partial charge in [0, 0.05) is 43.3 Å². The van der Waals surface area contributed by atoms with E-state index in [-0.39, 0.29) is 11.9 Å². The van der Waals surface area contributed by atoms with Crippen LogP contribution in [0.25, 0.3) is 10.9 Å². The summed E-state index contributed by atoms with van der Waals surface area (Å²) in [7, 11) is 4.11. The second-order valence-corrected chi connectivity index (χ2v) is 9.44. The van der Waals surface area contributed by atoms with Crippen LogP contribution in [0.1, 0.15) is 31.2 Å². The number of amides is 1. The number of pyridine rings is 1. The number of carbonyl (C=O) groups excluding carboxylic acids is 1. The number of hydrogen-bond acceptors (Lipinski definition) is 4. The Hall–Kier alpha value is -2.50. The molecule has 168 valence electrons. The first-order chi connectivity index (χ1) is 15.4. The molecule has 0 bridgehead atoms. The molecule has 0 saturated heterocycles. The van der Waals surface area contributed by atoms with Gasteiger partial charge in [0.25, 0.3) is 0 Å². The third-order valence-electron chi connectivity index (χ3n) is 5.97. The van der Waals surface area contributed by atoms with Crippen molar-refractivity contribution in [1.82, 2.24) is 10.3 Å². The third-order valence-corrected chi connectivity index (χ3v) is 6.71. The molecule has 2 aromatic carbocycles. The van der Waals surface area contributed by atoms with Gasteiger partial charge in [-0.1, -0.05) is 47.5 Å². The van der Waals surface area contributed by atoms with E-state index in [9.17, 15) is 4.79 Å². The Morgan fingerprint density at radius 1 is 1.00 bits per heavy atom. The molecule has 1 aliphatic rings. The van der Waals surface area contributed by atoms with E-state index in [2.05, 4.69) is 41.8 Å². The maximum atomic E-state index is 12.5. The molecule has 5 nitrogen and oxygen atoms in total. The van der Waals surface area contributed by atoms with Gasteiger partial charge in [-0.25, -0.2) is 4.98 Å². The van der Waals surface area contributed by atoms with Crippen LogP contribution in [-0.4, -0.2) is 37.1 Å². The number of nitrogens with zero attached hydrogens (tertiary/aromatic N) is 2. The zero-order chi connectivity index (χ0) is 22.7. The van der Waals surface area contributed by atoms with Gasteiger partial charge in [-0.2, -0.15) is 0 Å². The van der Waals surface area contributed by atoms with Crippen LogP contribution in [0.5, 0.6) is 0 Å². The first-order valence-electron chi connectivity index (χ1n) is 11.0. The molecule has 1 amide bonds. The number of fused-ring (bicyclic) bond motifs is 1. The SMILES string of the molecule is CN(C)c1cc(NC2CCC(NC(=O)Cc3ccc(Cl)c(Cl)c3)CC2)nc2ccccc12. The van der Waals surface area contributed by atoms with Crippen molar-refractivity contribution in [2.75, 3.05) is 24.3 Å². The van der Waals surface area contributed by atoms with Gasteiger partial charge in [0.2, 0.25) is 5.91 Å². The third kappa shape index (κ3) is 5.45. The smallest absolute Gasteiger partial charge is 0.224 e. The number of carbonyl (C=O) groups is 1. The van der Waals surface area contributed by atoms with E-state index >= 15 is 0 Å². The maximum Gasteiger partial charge on any atom is 0.224 e. The monoisotopic (exact) mass is 470 g/mol. The summed E-state index contributed by atoms with van der Waals surface area (Å²) >= 11 is 12.0. The molecule has 1 fully saturated rings. The van der Waals surface area contributed by atoms with E-state index < -0.39 is 0 Å². The summed E-state index contributed by atoms with van der Waals surface area (Å²) in [5.41, 5.74) is 3.01. The van der Waals surface area contributed by atoms with Crippen molar-refractivity contribution in [3.8, 4) is 0 Å². The van der Waals surface area contributed by atoms with Crippen molar-refractivity contribution in [2.45, 2.75) is 44.2 Å². The Labute approximate surface area is 199 Å². The minimum atomic E-state index is 0.0200. The van der Waals surface area contributed by atoms with E-state index in [1.165, 1.54) is 0 Å². The van der Waals surface area contributed by atoms with E-state index in [4.69, 9.17) is 28.2 Å². The largest absolute Gasteiger partial charge is 0.377 e. The molecule has 7 heteroatoms. The van der Waals surface area contributed by atoms with Gasteiger partial charge in [0.1, 0.15) is 5.82 Å². The van der Waals surface area contributed by atoms with Gasteiger partial charge in [0.05, 0.1) is 22.0 Å². The first kappa shape index (κ1) is 22.7. The summed E-state index contributed by atoms with van der Waals surface area (Å²) in [4.78, 5) is 19.4. The van der Waals surface area contributed by atoms with Gasteiger partial charge in [-0.05, 0) is 49.4 Å². The van der Waals surface area contributed by atoms with Crippen LogP contribution in [0.4, 0.5) is 11.5 Å². The molecule has 0 atom stereocenters. The summed E-state index contributed by atoms with van der Waals surface area (Å²) in [5, 5.41) is 8.91. The molecule has 0 spiro atoms. The van der Waals surface area contributed by atoms with Crippen LogP contribution in [0.3, 0.4) is 0 Å². The van der Waals surface area contributed by atoms with E-state index in [1.54, 1.807) is 12.1 Å². The Kier molecular flexibility index (Phi) is 7.07. The molecule has 32 heavy (non-hydrogen) atoms. The molecule has 4 rings (SSSR count). The summed E-state index contributed by atoms with van der Waals surface area (Å²) < 4.78 is 0. The lowest BCUT2D eigenvalue weighted by molar-refractivity contribution is -0.121. The summed E-state index contributed by atoms with van der Waals surface area (Å²) in [5.74, 6) is 0.922. The van der Waals surface area contributed by atoms with Crippen molar-refractivity contribution in [2.24, 2.45) is 0 Å². The minimum absolute atomic E-state index is 0.0200. The fourth-order valence-corrected chi connectivity index (χ4v) is 4.63. The van der Waals surface area contributed by atoms with Gasteiger partial charge < -0.3 is 15.5 Å². The molecule has 1 aromatic heterocycles. The molecule has 1 aliphatic carbocycles. The molecule has 0 radical (unpaired) electrons. The first-order valence-corrected chi connectivity index (χ1v) is 11.7. The van der Waals surface area contributed by atoms with Crippen molar-refractivity contribution in [3.63, 3.8) is 0 Å². The Morgan fingerprint density at radius 2 is 1.72 bits per heavy atom. The molecular weight excluding hydrogens is 443 g/mol. The highest BCUT2D eigenvalue weighted by atomic mass is 35.5. The molecule has 0 aliphatic heterocycles. The van der Waals surface area contributed by atoms with Gasteiger partial charge in [-0.3, -0.25) is 4.79 Å². The zero-order valence-electron chi connectivity index (χ0n) is 18.4. The van der Waals surface area contributed by atoms with Gasteiger partial charge in [-0.15, -0.1) is 0 Å². The van der Waals surface area contributed by atoms with Crippen molar-refractivity contribution >= 4 is 51.5 Å². The summed E-state index contributed by atoms with van der Waals surface area (Å²) in [6.07, 6.45) is 4.17. The van der Waals surface area contributed by atoms with Gasteiger partial charge >= 0.3 is 0 Å². The predicted molar refractivity (Wildman–Crippen MR) is 134 cm³/mol. The average Bonchev–Trinajstić information content (AvgIpc) is 2.77. The molecular formula is C25H28Cl2N4O. The number of benzene rings is 2. The number of para-hydroxylation sites is 1. The topological polar surface area (TPSA) is 57.3 Å². The van der Waals surface area contributed by atoms with Gasteiger partial charge in [0.15, 0.2) is 0 Å². The van der Waals surface area contributed by atoms with Crippen LogP contribution >= 0.6 is 23.2 Å². The van der Waals surface area contributed by atoms with E-state index in [1.807, 2.05) is 24.3 Å². The Bertz CT molecular complexity index is 1110. The zero-order valence-corrected chi connectivity index (χ0v) is 19.9. The molecule has 1 heterocycles. The lowest BCUT2D eigenvalue weighted by Crippen LogP contribution is -2.40. The average molecular weight is 471 g/mol. The maximum absolute atomic E-state index is 12.5. The fraction of sp³-hybridized carbons (Fsp3) is 0.360. The second kappa shape index (κ2) is 9.97. The second-order valence-electron chi connectivity index (χ2n) is 8.62. The molecule has 0 unspecified atom stereocenters. The van der Waals surface area contributed by atoms with Crippen LogP contribution < -0.4 is 15.5 Å². The van der Waals surface area contributed by atoms with E-state index in [0.717, 1.165) is 53.7 Å². The van der Waals surface area contributed by atoms with Crippen LogP contribution in [0.15, 0.2) is 48.5 Å². The number of rotatable bonds is 6. The number of nitrogens with one attached hydrogen (secondary N) is 2. The molecule has 1 saturated carbocycles. The van der Waals surface area contributed by atoms with Crippen molar-refractivity contribution in [3.05, 3.63) is 64.1 Å². The predicted octanol–water partition coefficient (Wildman–Crippen LogP) is 5.69. The van der Waals surface area contributed by atoms with Crippen molar-refractivity contribution in [1.29, 1.82) is 0 Å². The van der Waals surface area contributed by atoms with Crippen LogP contribution in [0, 0.1) is 0 Å². The lowest BCUT2D eigenvalue weighted by Gasteiger charge is -2.30. The normalized spacial score (nSPS) is 18.4. The quantitative estimate of drug-likeness (QED) is 0.485. The minimum Gasteiger partial charge on any atom is -0.377 e. The van der Waals surface area contributed by atoms with Crippen LogP contribution in [0.2, 0.25) is 10.0 Å². The number of halogens is 2. The van der Waals surface area contributed by atoms with Crippen molar-refractivity contribution < 1.29 is 4.79 Å². The Balaban J connectivity index is 1.32. The Morgan fingerprint density at radius 3 is 2.44 bits per heavy atom. The highest BCUT2D eigenvalue weighted by Crippen LogP contribution is 2.29. The fourth-order valence-electron chi connectivity index (χ4n) is 4.31.